The minimum Gasteiger partial charge on any atom is -0.377 e. The van der Waals surface area contributed by atoms with E-state index >= 15 is 0 Å². The van der Waals surface area contributed by atoms with Crippen LogP contribution >= 0.6 is 0 Å². The number of urea groups is 1. The molecule has 1 fully saturated rings. The summed E-state index contributed by atoms with van der Waals surface area (Å²) in [6.45, 7) is 1.12. The van der Waals surface area contributed by atoms with E-state index in [9.17, 15) is 13.2 Å². The Morgan fingerprint density at radius 3 is 2.81 bits per heavy atom. The molecule has 2 amide bonds. The topological polar surface area (TPSA) is 110 Å². The zero-order valence-electron chi connectivity index (χ0n) is 15.4. The van der Waals surface area contributed by atoms with Gasteiger partial charge in [-0.15, -0.1) is 0 Å². The number of rotatable bonds is 4. The van der Waals surface area contributed by atoms with Crippen LogP contribution in [-0.4, -0.2) is 72.3 Å². The first-order valence-electron chi connectivity index (χ1n) is 8.32. The van der Waals surface area contributed by atoms with Gasteiger partial charge in [0.1, 0.15) is 12.4 Å². The highest BCUT2D eigenvalue weighted by Crippen LogP contribution is 2.24. The lowest BCUT2D eigenvalue weighted by Gasteiger charge is -2.34. The normalized spacial score (nSPS) is 17.9. The van der Waals surface area contributed by atoms with E-state index < -0.39 is 10.0 Å². The van der Waals surface area contributed by atoms with Gasteiger partial charge in [-0.3, -0.25) is 4.68 Å². The summed E-state index contributed by atoms with van der Waals surface area (Å²) in [5, 5.41) is 6.81. The summed E-state index contributed by atoms with van der Waals surface area (Å²) in [7, 11) is 1.08. The molecule has 146 valence electrons. The lowest BCUT2D eigenvalue weighted by molar-refractivity contribution is 0.0105. The van der Waals surface area contributed by atoms with Gasteiger partial charge in [0.15, 0.2) is 5.82 Å². The number of benzene rings is 1. The first kappa shape index (κ1) is 19.3. The average molecular weight is 394 g/mol. The molecule has 2 aromatic rings. The van der Waals surface area contributed by atoms with Gasteiger partial charge in [0.05, 0.1) is 18.1 Å². The van der Waals surface area contributed by atoms with Crippen LogP contribution in [0.2, 0.25) is 0 Å². The van der Waals surface area contributed by atoms with Crippen LogP contribution in [0.5, 0.6) is 0 Å². The Morgan fingerprint density at radius 2 is 2.15 bits per heavy atom. The second-order valence-electron chi connectivity index (χ2n) is 6.27. The molecular weight excluding hydrogens is 372 g/mol. The van der Waals surface area contributed by atoms with Gasteiger partial charge in [0, 0.05) is 33.4 Å². The molecule has 1 N–H and O–H groups in total. The van der Waals surface area contributed by atoms with Crippen LogP contribution < -0.4 is 5.32 Å². The molecular formula is C16H22N6O4S. The van der Waals surface area contributed by atoms with E-state index in [1.807, 2.05) is 0 Å². The van der Waals surface area contributed by atoms with Gasteiger partial charge < -0.3 is 15.0 Å². The van der Waals surface area contributed by atoms with Crippen molar-refractivity contribution in [3.63, 3.8) is 0 Å². The van der Waals surface area contributed by atoms with Gasteiger partial charge in [-0.2, -0.15) is 5.10 Å². The summed E-state index contributed by atoms with van der Waals surface area (Å²) in [5.74, 6) is 0.619. The van der Waals surface area contributed by atoms with Crippen molar-refractivity contribution in [2.45, 2.75) is 10.9 Å². The summed E-state index contributed by atoms with van der Waals surface area (Å²) in [5.41, 5.74) is 0.395. The highest BCUT2D eigenvalue weighted by Gasteiger charge is 2.32. The maximum atomic E-state index is 12.8. The number of anilines is 1. The number of hydrogen-bond acceptors (Lipinski definition) is 6. The molecule has 1 aliphatic heterocycles. The molecule has 3 rings (SSSR count). The summed E-state index contributed by atoms with van der Waals surface area (Å²) in [6.07, 6.45) is 1.43. The summed E-state index contributed by atoms with van der Waals surface area (Å²) in [4.78, 5) is 18.8. The van der Waals surface area contributed by atoms with Crippen molar-refractivity contribution in [2.75, 3.05) is 39.2 Å². The van der Waals surface area contributed by atoms with Crippen molar-refractivity contribution >= 4 is 21.7 Å². The molecule has 1 aromatic heterocycles. The lowest BCUT2D eigenvalue weighted by atomic mass is 10.2. The van der Waals surface area contributed by atoms with Gasteiger partial charge in [-0.1, -0.05) is 6.07 Å². The van der Waals surface area contributed by atoms with Crippen LogP contribution in [0.3, 0.4) is 0 Å². The fourth-order valence-electron chi connectivity index (χ4n) is 2.81. The molecule has 0 aliphatic carbocycles. The smallest absolute Gasteiger partial charge is 0.322 e. The number of carbonyl (C=O) groups is 1. The first-order valence-corrected chi connectivity index (χ1v) is 9.76. The number of aromatic nitrogens is 3. The van der Waals surface area contributed by atoms with Crippen molar-refractivity contribution in [2.24, 2.45) is 7.05 Å². The largest absolute Gasteiger partial charge is 0.377 e. The van der Waals surface area contributed by atoms with Crippen LogP contribution in [0, 0.1) is 0 Å². The zero-order valence-corrected chi connectivity index (χ0v) is 16.2. The molecule has 11 heteroatoms. The monoisotopic (exact) mass is 394 g/mol. The Kier molecular flexibility index (Phi) is 5.44. The molecule has 1 aromatic carbocycles. The molecule has 1 atom stereocenters. The molecule has 1 saturated heterocycles. The third kappa shape index (κ3) is 3.94. The van der Waals surface area contributed by atoms with Crippen LogP contribution in [-0.2, 0) is 21.8 Å². The molecule has 0 saturated carbocycles. The van der Waals surface area contributed by atoms with E-state index in [0.717, 1.165) is 4.31 Å². The number of nitrogens with one attached hydrogen (secondary N) is 1. The van der Waals surface area contributed by atoms with E-state index in [2.05, 4.69) is 15.4 Å². The highest BCUT2D eigenvalue weighted by atomic mass is 32.2. The Labute approximate surface area is 157 Å². The zero-order chi connectivity index (χ0) is 19.6. The van der Waals surface area contributed by atoms with Gasteiger partial charge in [-0.25, -0.2) is 22.5 Å². The molecule has 0 spiro atoms. The highest BCUT2D eigenvalue weighted by molar-refractivity contribution is 7.89. The number of carbonyl (C=O) groups excluding carboxylic acids is 1. The third-order valence-electron chi connectivity index (χ3n) is 4.30. The molecule has 1 unspecified atom stereocenters. The number of sulfonamides is 1. The summed E-state index contributed by atoms with van der Waals surface area (Å²) in [6, 6.07) is 5.42. The van der Waals surface area contributed by atoms with E-state index in [4.69, 9.17) is 4.74 Å². The minimum atomic E-state index is -3.59. The Hall–Kier alpha value is -2.50. The standard InChI is InChI=1S/C16H22N6O4S/c1-20(2)27(24,25)13-6-4-5-12(9-13)19-16(23)22-7-8-26-10-14(22)15-17-11-18-21(15)3/h4-6,9,11,14H,7-8,10H2,1-3H3,(H,19,23). The average Bonchev–Trinajstić information content (AvgIpc) is 3.07. The maximum Gasteiger partial charge on any atom is 0.322 e. The number of amides is 2. The fourth-order valence-corrected chi connectivity index (χ4v) is 3.76. The van der Waals surface area contributed by atoms with Crippen molar-refractivity contribution in [3.05, 3.63) is 36.4 Å². The molecule has 1 aliphatic rings. The van der Waals surface area contributed by atoms with Gasteiger partial charge in [0.2, 0.25) is 10.0 Å². The van der Waals surface area contributed by atoms with Gasteiger partial charge >= 0.3 is 6.03 Å². The predicted molar refractivity (Wildman–Crippen MR) is 97.6 cm³/mol. The van der Waals surface area contributed by atoms with Crippen LogP contribution in [0.1, 0.15) is 11.9 Å². The quantitative estimate of drug-likeness (QED) is 0.816. The summed E-state index contributed by atoms with van der Waals surface area (Å²) >= 11 is 0. The number of morpholine rings is 1. The number of ether oxygens (including phenoxy) is 1. The Bertz CT molecular complexity index is 926. The van der Waals surface area contributed by atoms with Crippen LogP contribution in [0.15, 0.2) is 35.5 Å². The van der Waals surface area contributed by atoms with Gasteiger partial charge in [-0.05, 0) is 18.2 Å². The van der Waals surface area contributed by atoms with Crippen LogP contribution in [0.25, 0.3) is 0 Å². The SMILES string of the molecule is CN(C)S(=O)(=O)c1cccc(NC(=O)N2CCOCC2c2ncnn2C)c1. The van der Waals surface area contributed by atoms with Crippen LogP contribution in [0.4, 0.5) is 10.5 Å². The van der Waals surface area contributed by atoms with Crippen molar-refractivity contribution < 1.29 is 17.9 Å². The van der Waals surface area contributed by atoms with Crippen molar-refractivity contribution in [3.8, 4) is 0 Å². The molecule has 0 bridgehead atoms. The maximum absolute atomic E-state index is 12.8. The van der Waals surface area contributed by atoms with E-state index in [-0.39, 0.29) is 17.0 Å². The first-order chi connectivity index (χ1) is 12.8. The second kappa shape index (κ2) is 7.62. The molecule has 0 radical (unpaired) electrons. The number of aryl methyl sites for hydroxylation is 1. The molecule has 2 heterocycles. The number of hydrogen-bond donors (Lipinski definition) is 1. The molecule has 27 heavy (non-hydrogen) atoms. The van der Waals surface area contributed by atoms with E-state index in [0.29, 0.717) is 31.3 Å². The molecule has 10 nitrogen and oxygen atoms in total. The van der Waals surface area contributed by atoms with Crippen molar-refractivity contribution in [1.82, 2.24) is 24.0 Å². The number of nitrogens with zero attached hydrogens (tertiary/aromatic N) is 5. The second-order valence-corrected chi connectivity index (χ2v) is 8.42. The summed E-state index contributed by atoms with van der Waals surface area (Å²) < 4.78 is 32.8. The van der Waals surface area contributed by atoms with E-state index in [1.54, 1.807) is 28.8 Å². The fraction of sp³-hybridized carbons (Fsp3) is 0.438. The lowest BCUT2D eigenvalue weighted by Crippen LogP contribution is -2.46. The van der Waals surface area contributed by atoms with Crippen molar-refractivity contribution in [1.29, 1.82) is 0 Å². The predicted octanol–water partition coefficient (Wildman–Crippen LogP) is 0.671. The third-order valence-corrected chi connectivity index (χ3v) is 6.11. The Balaban J connectivity index is 1.81. The minimum absolute atomic E-state index is 0.108. The van der Waals surface area contributed by atoms with E-state index in [1.165, 1.54) is 32.6 Å². The van der Waals surface area contributed by atoms with Gasteiger partial charge in [0.25, 0.3) is 0 Å². The Morgan fingerprint density at radius 1 is 1.37 bits per heavy atom.